The topological polar surface area (TPSA) is 35.9 Å². The lowest BCUT2D eigenvalue weighted by Crippen LogP contribution is -2.08. The molecule has 3 aliphatic carbocycles. The molecule has 2 N–H and O–H groups in total. The number of hydrogen-bond acceptors (Lipinski definition) is 1. The van der Waals surface area contributed by atoms with E-state index in [9.17, 15) is 0 Å². The van der Waals surface area contributed by atoms with Crippen molar-refractivity contribution < 1.29 is 0 Å². The number of nitrogens with two attached hydrogens (primary N) is 1. The second kappa shape index (κ2) is 13.8. The molecule has 5 aromatic rings. The van der Waals surface area contributed by atoms with Gasteiger partial charge >= 0.3 is 0 Å². The fourth-order valence-corrected chi connectivity index (χ4v) is 7.85. The van der Waals surface area contributed by atoms with Gasteiger partial charge in [-0.1, -0.05) is 117 Å². The summed E-state index contributed by atoms with van der Waals surface area (Å²) in [5, 5.41) is 2.61. The summed E-state index contributed by atoms with van der Waals surface area (Å²) in [6.45, 7) is 6.63. The van der Waals surface area contributed by atoms with Gasteiger partial charge in [0.25, 0.3) is 0 Å². The van der Waals surface area contributed by atoms with Crippen LogP contribution in [0.2, 0.25) is 0 Å². The van der Waals surface area contributed by atoms with Crippen molar-refractivity contribution in [3.8, 4) is 16.8 Å². The van der Waals surface area contributed by atoms with Gasteiger partial charge in [0.1, 0.15) is 0 Å². The molecule has 0 radical (unpaired) electrons. The van der Waals surface area contributed by atoms with Gasteiger partial charge in [-0.2, -0.15) is 0 Å². The van der Waals surface area contributed by atoms with Crippen LogP contribution in [0.25, 0.3) is 62.5 Å². The zero-order valence-electron chi connectivity index (χ0n) is 29.8. The molecule has 0 saturated heterocycles. The molecule has 0 fully saturated rings. The molecular formula is C48H45N3. The van der Waals surface area contributed by atoms with E-state index in [1.807, 2.05) is 25.2 Å². The largest absolute Gasteiger partial charge is 0.405 e. The molecule has 252 valence electrons. The molecular weight excluding hydrogens is 619 g/mol. The Hall–Kier alpha value is -5.80. The van der Waals surface area contributed by atoms with Crippen LogP contribution < -0.4 is 5.73 Å². The van der Waals surface area contributed by atoms with Crippen LogP contribution in [0.5, 0.6) is 0 Å². The van der Waals surface area contributed by atoms with Gasteiger partial charge in [0.05, 0.1) is 16.7 Å². The Morgan fingerprint density at radius 2 is 1.59 bits per heavy atom. The maximum atomic E-state index is 5.68. The predicted octanol–water partition coefficient (Wildman–Crippen LogP) is 12.0. The van der Waals surface area contributed by atoms with Crippen LogP contribution in [0.15, 0.2) is 145 Å². The van der Waals surface area contributed by atoms with E-state index < -0.39 is 0 Å². The molecule has 2 unspecified atom stereocenters. The van der Waals surface area contributed by atoms with Gasteiger partial charge in [0.15, 0.2) is 0 Å². The third-order valence-corrected chi connectivity index (χ3v) is 10.4. The average molecular weight is 664 g/mol. The normalized spacial score (nSPS) is 19.5. The summed E-state index contributed by atoms with van der Waals surface area (Å²) in [4.78, 5) is 0. The first kappa shape index (κ1) is 32.4. The highest BCUT2D eigenvalue weighted by Crippen LogP contribution is 2.41. The van der Waals surface area contributed by atoms with Gasteiger partial charge in [0, 0.05) is 39.8 Å². The number of aromatic nitrogens is 2. The van der Waals surface area contributed by atoms with Crippen molar-refractivity contribution in [3.05, 3.63) is 173 Å². The second-order valence-corrected chi connectivity index (χ2v) is 14.1. The Bertz CT molecular complexity index is 2440. The Labute approximate surface area is 301 Å². The molecule has 3 heteroatoms. The van der Waals surface area contributed by atoms with E-state index in [-0.39, 0.29) is 0 Å². The summed E-state index contributed by atoms with van der Waals surface area (Å²) >= 11 is 0. The summed E-state index contributed by atoms with van der Waals surface area (Å²) < 4.78 is 4.96. The molecule has 0 aliphatic heterocycles. The highest BCUT2D eigenvalue weighted by atomic mass is 15.0. The van der Waals surface area contributed by atoms with Crippen molar-refractivity contribution >= 4 is 45.7 Å². The summed E-state index contributed by atoms with van der Waals surface area (Å²) in [7, 11) is 0. The van der Waals surface area contributed by atoms with Crippen LogP contribution in [0.1, 0.15) is 55.3 Å². The molecule has 2 aromatic heterocycles. The van der Waals surface area contributed by atoms with Crippen molar-refractivity contribution in [1.29, 1.82) is 0 Å². The van der Waals surface area contributed by atoms with Crippen molar-refractivity contribution in [2.75, 3.05) is 0 Å². The van der Waals surface area contributed by atoms with Gasteiger partial charge in [-0.3, -0.25) is 0 Å². The Morgan fingerprint density at radius 3 is 2.43 bits per heavy atom. The quantitative estimate of drug-likeness (QED) is 0.173. The third-order valence-electron chi connectivity index (χ3n) is 10.4. The monoisotopic (exact) mass is 663 g/mol. The zero-order chi connectivity index (χ0) is 34.9. The molecule has 0 amide bonds. The molecule has 3 aromatic carbocycles. The minimum atomic E-state index is 0.489. The molecule has 0 spiro atoms. The van der Waals surface area contributed by atoms with E-state index in [0.717, 1.165) is 19.3 Å². The lowest BCUT2D eigenvalue weighted by atomic mass is 9.93. The molecule has 3 nitrogen and oxygen atoms in total. The van der Waals surface area contributed by atoms with Crippen LogP contribution in [-0.4, -0.2) is 9.13 Å². The van der Waals surface area contributed by atoms with Crippen LogP contribution >= 0.6 is 0 Å². The SMILES string of the molecule is C\C=C/C=C\C=C\c1cccc(-n2c3c(c4cc(-c5ccc6c7c(n(C8=CCC(C)C=C8)c6c5)C=C/C(=C/C=C\N)C7)ccc42)C=CC(C)C3)c1. The van der Waals surface area contributed by atoms with E-state index >= 15 is 0 Å². The highest BCUT2D eigenvalue weighted by Gasteiger charge is 2.24. The van der Waals surface area contributed by atoms with Gasteiger partial charge in [-0.15, -0.1) is 0 Å². The van der Waals surface area contributed by atoms with Crippen LogP contribution in [0, 0.1) is 11.8 Å². The van der Waals surface area contributed by atoms with Crippen molar-refractivity contribution in [1.82, 2.24) is 9.13 Å². The number of benzene rings is 3. The van der Waals surface area contributed by atoms with E-state index in [1.165, 1.54) is 78.0 Å². The van der Waals surface area contributed by atoms with Crippen molar-refractivity contribution in [2.45, 2.75) is 40.0 Å². The van der Waals surface area contributed by atoms with Gasteiger partial charge in [-0.05, 0) is 114 Å². The number of fused-ring (bicyclic) bond motifs is 6. The Morgan fingerprint density at radius 1 is 0.745 bits per heavy atom. The van der Waals surface area contributed by atoms with Crippen LogP contribution in [0.3, 0.4) is 0 Å². The van der Waals surface area contributed by atoms with E-state index in [2.05, 4.69) is 157 Å². The number of rotatable bonds is 7. The minimum Gasteiger partial charge on any atom is -0.405 e. The van der Waals surface area contributed by atoms with Gasteiger partial charge < -0.3 is 14.9 Å². The lowest BCUT2D eigenvalue weighted by molar-refractivity contribution is 0.690. The smallest absolute Gasteiger partial charge is 0.0543 e. The van der Waals surface area contributed by atoms with E-state index in [1.54, 1.807) is 6.20 Å². The standard InChI is InChI=1S/C48H45N3/c1-4-5-6-7-8-11-35-12-9-14-40(29-35)51-46-26-20-37(31-44(46)41-23-17-34(3)28-47(41)51)38-19-24-42-43-30-36(13-10-27-49)18-25-45(43)50(48(42)32-38)39-21-15-33(2)16-22-39/h4-15,17-27,29,31-34H,16,28,30,49H2,1-3H3/b5-4-,7-6-,11-8+,27-10-,36-13-. The molecule has 0 saturated carbocycles. The number of nitrogens with zero attached hydrogens (tertiary/aromatic N) is 2. The average Bonchev–Trinajstić information content (AvgIpc) is 3.65. The summed E-state index contributed by atoms with van der Waals surface area (Å²) in [5.74, 6) is 1.05. The first-order valence-electron chi connectivity index (χ1n) is 18.3. The van der Waals surface area contributed by atoms with Crippen molar-refractivity contribution in [3.63, 3.8) is 0 Å². The Kier molecular flexibility index (Phi) is 8.79. The van der Waals surface area contributed by atoms with Crippen LogP contribution in [-0.2, 0) is 12.8 Å². The molecule has 2 atom stereocenters. The second-order valence-electron chi connectivity index (χ2n) is 14.1. The number of hydrogen-bond donors (Lipinski definition) is 1. The molecule has 3 aliphatic rings. The molecule has 51 heavy (non-hydrogen) atoms. The van der Waals surface area contributed by atoms with Gasteiger partial charge in [0.2, 0.25) is 0 Å². The third kappa shape index (κ3) is 6.14. The fraction of sp³-hybridized carbons (Fsp3) is 0.167. The summed E-state index contributed by atoms with van der Waals surface area (Å²) in [5.41, 5.74) is 20.9. The first-order chi connectivity index (χ1) is 25.0. The molecule has 8 rings (SSSR count). The summed E-state index contributed by atoms with van der Waals surface area (Å²) in [6, 6.07) is 23.0. The maximum absolute atomic E-state index is 5.68. The lowest BCUT2D eigenvalue weighted by Gasteiger charge is -2.18. The minimum absolute atomic E-state index is 0.489. The van der Waals surface area contributed by atoms with E-state index in [4.69, 9.17) is 5.73 Å². The first-order valence-corrected chi connectivity index (χ1v) is 18.3. The van der Waals surface area contributed by atoms with Crippen molar-refractivity contribution in [2.24, 2.45) is 17.6 Å². The van der Waals surface area contributed by atoms with E-state index in [0.29, 0.717) is 11.8 Å². The number of allylic oxidation sites excluding steroid dienone is 14. The molecule has 0 bridgehead atoms. The van der Waals surface area contributed by atoms with Crippen LogP contribution in [0.4, 0.5) is 0 Å². The fourth-order valence-electron chi connectivity index (χ4n) is 7.85. The molecule has 2 heterocycles. The Balaban J connectivity index is 1.25. The maximum Gasteiger partial charge on any atom is 0.0543 e. The highest BCUT2D eigenvalue weighted by molar-refractivity contribution is 5.99. The van der Waals surface area contributed by atoms with Gasteiger partial charge in [-0.25, -0.2) is 0 Å². The predicted molar refractivity (Wildman–Crippen MR) is 220 cm³/mol. The summed E-state index contributed by atoms with van der Waals surface area (Å²) in [6.07, 6.45) is 37.4. The zero-order valence-corrected chi connectivity index (χ0v) is 29.8.